The fourth-order valence-corrected chi connectivity index (χ4v) is 1.54. The van der Waals surface area contributed by atoms with Crippen LogP contribution in [-0.4, -0.2) is 40.5 Å². The molecule has 0 aliphatic carbocycles. The predicted octanol–water partition coefficient (Wildman–Crippen LogP) is 2.35. The van der Waals surface area contributed by atoms with E-state index in [0.29, 0.717) is 13.2 Å². The molecular formula is C14H23NO2. The van der Waals surface area contributed by atoms with Gasteiger partial charge in [0.25, 0.3) is 0 Å². The molecule has 17 heavy (non-hydrogen) atoms. The highest BCUT2D eigenvalue weighted by Gasteiger charge is 1.98. The predicted molar refractivity (Wildman–Crippen MR) is 71.8 cm³/mol. The van der Waals surface area contributed by atoms with Crippen LogP contribution in [0.4, 0.5) is 5.69 Å². The van der Waals surface area contributed by atoms with Crippen molar-refractivity contribution in [3.63, 3.8) is 0 Å². The average molecular weight is 237 g/mol. The quantitative estimate of drug-likeness (QED) is 0.648. The maximum Gasteiger partial charge on any atom is 0.0700 e. The molecule has 0 unspecified atom stereocenters. The molecule has 0 bridgehead atoms. The number of nitrogens with zero attached hydrogens (tertiary/aromatic N) is 1. The van der Waals surface area contributed by atoms with E-state index in [1.54, 1.807) is 0 Å². The Morgan fingerprint density at radius 1 is 1.06 bits per heavy atom. The van der Waals surface area contributed by atoms with Gasteiger partial charge < -0.3 is 14.4 Å². The van der Waals surface area contributed by atoms with E-state index >= 15 is 0 Å². The van der Waals surface area contributed by atoms with Gasteiger partial charge in [0.2, 0.25) is 0 Å². The van der Waals surface area contributed by atoms with E-state index in [0.717, 1.165) is 19.6 Å². The van der Waals surface area contributed by atoms with Gasteiger partial charge >= 0.3 is 0 Å². The van der Waals surface area contributed by atoms with Crippen molar-refractivity contribution in [3.8, 4) is 0 Å². The van der Waals surface area contributed by atoms with Gasteiger partial charge in [0, 0.05) is 26.4 Å². The summed E-state index contributed by atoms with van der Waals surface area (Å²) in [4.78, 5) is 2.11. The number of anilines is 1. The van der Waals surface area contributed by atoms with Gasteiger partial charge in [-0.15, -0.1) is 0 Å². The highest BCUT2D eigenvalue weighted by molar-refractivity contribution is 5.47. The highest BCUT2D eigenvalue weighted by Crippen LogP contribution is 2.13. The summed E-state index contributed by atoms with van der Waals surface area (Å²) in [5.74, 6) is 0. The van der Waals surface area contributed by atoms with Crippen LogP contribution in [0.3, 0.4) is 0 Å². The van der Waals surface area contributed by atoms with Crippen molar-refractivity contribution in [2.24, 2.45) is 0 Å². The Morgan fingerprint density at radius 3 is 2.53 bits per heavy atom. The molecule has 1 aromatic carbocycles. The van der Waals surface area contributed by atoms with Crippen molar-refractivity contribution in [2.75, 3.05) is 45.4 Å². The summed E-state index contributed by atoms with van der Waals surface area (Å²) in [5, 5.41) is 0. The van der Waals surface area contributed by atoms with Crippen LogP contribution in [0.5, 0.6) is 0 Å². The van der Waals surface area contributed by atoms with Crippen LogP contribution < -0.4 is 4.90 Å². The van der Waals surface area contributed by atoms with Crippen LogP contribution in [-0.2, 0) is 15.9 Å². The summed E-state index contributed by atoms with van der Waals surface area (Å²) in [6, 6.07) is 8.54. The lowest BCUT2D eigenvalue weighted by Gasteiger charge is -2.13. The molecule has 0 aliphatic heterocycles. The zero-order valence-electron chi connectivity index (χ0n) is 11.1. The molecule has 0 atom stereocenters. The molecule has 1 aromatic rings. The molecule has 0 N–H and O–H groups in total. The molecule has 1 rings (SSSR count). The lowest BCUT2D eigenvalue weighted by atomic mass is 10.1. The molecule has 0 heterocycles. The van der Waals surface area contributed by atoms with Crippen molar-refractivity contribution in [3.05, 3.63) is 29.8 Å². The van der Waals surface area contributed by atoms with Gasteiger partial charge in [0.05, 0.1) is 19.8 Å². The number of benzene rings is 1. The van der Waals surface area contributed by atoms with Gasteiger partial charge in [0.15, 0.2) is 0 Å². The van der Waals surface area contributed by atoms with Crippen LogP contribution >= 0.6 is 0 Å². The molecule has 0 saturated heterocycles. The Hall–Kier alpha value is -1.06. The second-order valence-corrected chi connectivity index (χ2v) is 4.12. The summed E-state index contributed by atoms with van der Waals surface area (Å²) in [7, 11) is 4.11. The third-order valence-corrected chi connectivity index (χ3v) is 2.54. The van der Waals surface area contributed by atoms with E-state index in [2.05, 4.69) is 43.3 Å². The first-order valence-corrected chi connectivity index (χ1v) is 6.15. The van der Waals surface area contributed by atoms with Gasteiger partial charge in [0.1, 0.15) is 0 Å². The van der Waals surface area contributed by atoms with Crippen molar-refractivity contribution in [1.82, 2.24) is 0 Å². The standard InChI is InChI=1S/C14H23NO2/c1-4-16-10-11-17-9-8-13-6-5-7-14(12-13)15(2)3/h5-7,12H,4,8-11H2,1-3H3. The van der Waals surface area contributed by atoms with Crippen molar-refractivity contribution in [1.29, 1.82) is 0 Å². The van der Waals surface area contributed by atoms with E-state index in [-0.39, 0.29) is 0 Å². The summed E-state index contributed by atoms with van der Waals surface area (Å²) >= 11 is 0. The van der Waals surface area contributed by atoms with Crippen molar-refractivity contribution >= 4 is 5.69 Å². The van der Waals surface area contributed by atoms with Gasteiger partial charge in [-0.1, -0.05) is 12.1 Å². The molecule has 0 spiro atoms. The average Bonchev–Trinajstić information content (AvgIpc) is 2.34. The lowest BCUT2D eigenvalue weighted by Crippen LogP contribution is -2.09. The monoisotopic (exact) mass is 237 g/mol. The van der Waals surface area contributed by atoms with E-state index in [9.17, 15) is 0 Å². The van der Waals surface area contributed by atoms with Crippen LogP contribution in [0, 0.1) is 0 Å². The van der Waals surface area contributed by atoms with Crippen LogP contribution in [0.15, 0.2) is 24.3 Å². The molecule has 3 nitrogen and oxygen atoms in total. The van der Waals surface area contributed by atoms with Gasteiger partial charge in [-0.3, -0.25) is 0 Å². The Labute approximate surface area is 104 Å². The van der Waals surface area contributed by atoms with Crippen molar-refractivity contribution in [2.45, 2.75) is 13.3 Å². The SMILES string of the molecule is CCOCCOCCc1cccc(N(C)C)c1. The minimum Gasteiger partial charge on any atom is -0.379 e. The first-order valence-electron chi connectivity index (χ1n) is 6.15. The molecule has 0 aliphatic rings. The largest absolute Gasteiger partial charge is 0.379 e. The van der Waals surface area contributed by atoms with Gasteiger partial charge in [-0.05, 0) is 31.0 Å². The smallest absolute Gasteiger partial charge is 0.0700 e. The first-order chi connectivity index (χ1) is 8.24. The second-order valence-electron chi connectivity index (χ2n) is 4.12. The Bertz CT molecular complexity index is 313. The summed E-state index contributed by atoms with van der Waals surface area (Å²) in [6.07, 6.45) is 0.952. The van der Waals surface area contributed by atoms with Gasteiger partial charge in [-0.25, -0.2) is 0 Å². The number of hydrogen-bond acceptors (Lipinski definition) is 3. The molecule has 0 aromatic heterocycles. The molecule has 0 fully saturated rings. The maximum absolute atomic E-state index is 5.50. The number of ether oxygens (including phenoxy) is 2. The highest BCUT2D eigenvalue weighted by atomic mass is 16.5. The topological polar surface area (TPSA) is 21.7 Å². The minimum atomic E-state index is 0.682. The molecule has 0 radical (unpaired) electrons. The molecule has 3 heteroatoms. The number of rotatable bonds is 8. The molecule has 0 amide bonds. The molecular weight excluding hydrogens is 214 g/mol. The third kappa shape index (κ3) is 5.71. The second kappa shape index (κ2) is 8.09. The van der Waals surface area contributed by atoms with E-state index in [1.165, 1.54) is 11.3 Å². The summed E-state index contributed by atoms with van der Waals surface area (Å²) < 4.78 is 10.7. The van der Waals surface area contributed by atoms with Crippen LogP contribution in [0.25, 0.3) is 0 Å². The van der Waals surface area contributed by atoms with Gasteiger partial charge in [-0.2, -0.15) is 0 Å². The van der Waals surface area contributed by atoms with Crippen LogP contribution in [0.2, 0.25) is 0 Å². The Morgan fingerprint density at radius 2 is 1.82 bits per heavy atom. The van der Waals surface area contributed by atoms with E-state index in [1.807, 2.05) is 6.92 Å². The van der Waals surface area contributed by atoms with E-state index < -0.39 is 0 Å². The molecule has 0 saturated carbocycles. The Kier molecular flexibility index (Phi) is 6.67. The summed E-state index contributed by atoms with van der Waals surface area (Å²) in [5.41, 5.74) is 2.55. The zero-order chi connectivity index (χ0) is 12.5. The number of hydrogen-bond donors (Lipinski definition) is 0. The van der Waals surface area contributed by atoms with Crippen LogP contribution in [0.1, 0.15) is 12.5 Å². The first kappa shape index (κ1) is 14.0. The zero-order valence-corrected chi connectivity index (χ0v) is 11.1. The maximum atomic E-state index is 5.50. The minimum absolute atomic E-state index is 0.682. The fraction of sp³-hybridized carbons (Fsp3) is 0.571. The van der Waals surface area contributed by atoms with Crippen molar-refractivity contribution < 1.29 is 9.47 Å². The third-order valence-electron chi connectivity index (χ3n) is 2.54. The lowest BCUT2D eigenvalue weighted by molar-refractivity contribution is 0.0541. The van der Waals surface area contributed by atoms with E-state index in [4.69, 9.17) is 9.47 Å². The fourth-order valence-electron chi connectivity index (χ4n) is 1.54. The molecule has 96 valence electrons. The Balaban J connectivity index is 2.24. The summed E-state index contributed by atoms with van der Waals surface area (Å²) in [6.45, 7) is 4.88. The normalized spacial score (nSPS) is 10.5.